The van der Waals surface area contributed by atoms with Gasteiger partial charge in [-0.05, 0) is 42.8 Å². The summed E-state index contributed by atoms with van der Waals surface area (Å²) in [5.74, 6) is 0.461. The van der Waals surface area contributed by atoms with Crippen molar-refractivity contribution in [2.45, 2.75) is 21.0 Å². The van der Waals surface area contributed by atoms with Crippen molar-refractivity contribution >= 4 is 17.2 Å². The van der Waals surface area contributed by atoms with Gasteiger partial charge >= 0.3 is 0 Å². The molecule has 0 aliphatic rings. The van der Waals surface area contributed by atoms with Crippen LogP contribution in [0.15, 0.2) is 47.4 Å². The first-order valence-corrected chi connectivity index (χ1v) is 6.78. The van der Waals surface area contributed by atoms with Crippen LogP contribution in [0.3, 0.4) is 0 Å². The van der Waals surface area contributed by atoms with Crippen LogP contribution in [0.1, 0.15) is 18.6 Å². The molecule has 0 unspecified atom stereocenters. The summed E-state index contributed by atoms with van der Waals surface area (Å²) in [7, 11) is 0. The monoisotopic (exact) mass is 313 g/mol. The molecule has 0 aliphatic carbocycles. The first kappa shape index (κ1) is 16.5. The molecule has 0 fully saturated rings. The molecule has 3 aromatic rings. The maximum absolute atomic E-state index is 12.5. The third-order valence-corrected chi connectivity index (χ3v) is 3.43. The number of phenols is 1. The molecule has 0 saturated carbocycles. The number of benzene rings is 1. The minimum absolute atomic E-state index is 0. The second kappa shape index (κ2) is 6.50. The molecule has 6 heteroatoms. The van der Waals surface area contributed by atoms with E-state index in [2.05, 4.69) is 10.3 Å². The van der Waals surface area contributed by atoms with Crippen LogP contribution in [0.5, 0.6) is 5.75 Å². The summed E-state index contributed by atoms with van der Waals surface area (Å²) in [6.07, 6.45) is 1.63. The van der Waals surface area contributed by atoms with E-state index in [0.717, 1.165) is 5.56 Å². The number of anilines is 2. The van der Waals surface area contributed by atoms with Gasteiger partial charge in [0.15, 0.2) is 0 Å². The first-order valence-electron chi connectivity index (χ1n) is 6.78. The Bertz CT molecular complexity index is 886. The number of hydrogen-bond acceptors (Lipinski definition) is 5. The highest BCUT2D eigenvalue weighted by Gasteiger charge is 2.13. The van der Waals surface area contributed by atoms with E-state index in [-0.39, 0.29) is 24.3 Å². The SMILES string of the molecule is C.Cc1cccn2c(=O)c(CO)c(Nc3ccc(O)cc3)nc12. The molecule has 1 aromatic carbocycles. The molecule has 0 atom stereocenters. The highest BCUT2D eigenvalue weighted by molar-refractivity contribution is 5.63. The molecule has 2 heterocycles. The summed E-state index contributed by atoms with van der Waals surface area (Å²) in [5.41, 5.74) is 1.94. The normalized spacial score (nSPS) is 10.3. The quantitative estimate of drug-likeness (QED) is 0.647. The van der Waals surface area contributed by atoms with Gasteiger partial charge in [0.25, 0.3) is 5.56 Å². The molecule has 0 spiro atoms. The Kier molecular flexibility index (Phi) is 4.66. The fourth-order valence-corrected chi connectivity index (χ4v) is 2.26. The zero-order chi connectivity index (χ0) is 15.7. The molecule has 120 valence electrons. The van der Waals surface area contributed by atoms with Crippen molar-refractivity contribution in [3.8, 4) is 5.75 Å². The fraction of sp³-hybridized carbons (Fsp3) is 0.176. The Morgan fingerprint density at radius 1 is 1.22 bits per heavy atom. The van der Waals surface area contributed by atoms with Gasteiger partial charge < -0.3 is 15.5 Å². The summed E-state index contributed by atoms with van der Waals surface area (Å²) in [5, 5.41) is 21.8. The van der Waals surface area contributed by atoms with Crippen LogP contribution in [0.4, 0.5) is 11.5 Å². The summed E-state index contributed by atoms with van der Waals surface area (Å²) in [6, 6.07) is 10.0. The highest BCUT2D eigenvalue weighted by atomic mass is 16.3. The number of aromatic hydroxyl groups is 1. The maximum Gasteiger partial charge on any atom is 0.265 e. The van der Waals surface area contributed by atoms with Crippen molar-refractivity contribution in [2.24, 2.45) is 0 Å². The summed E-state index contributed by atoms with van der Waals surface area (Å²) in [6.45, 7) is 1.45. The topological polar surface area (TPSA) is 86.9 Å². The standard InChI is InChI=1S/C16H15N3O3.CH4/c1-10-3-2-8-19-15(10)18-14(13(9-20)16(19)22)17-11-4-6-12(21)7-5-11;/h2-8,17,20-21H,9H2,1H3;1H4. The molecular formula is C17H19N3O3. The average molecular weight is 313 g/mol. The largest absolute Gasteiger partial charge is 0.508 e. The van der Waals surface area contributed by atoms with Gasteiger partial charge in [-0.15, -0.1) is 0 Å². The van der Waals surface area contributed by atoms with Gasteiger partial charge in [0, 0.05) is 11.9 Å². The van der Waals surface area contributed by atoms with Gasteiger partial charge in [-0.2, -0.15) is 0 Å². The van der Waals surface area contributed by atoms with E-state index in [4.69, 9.17) is 0 Å². The molecular weight excluding hydrogens is 294 g/mol. The van der Waals surface area contributed by atoms with E-state index >= 15 is 0 Å². The number of nitrogens with one attached hydrogen (secondary N) is 1. The highest BCUT2D eigenvalue weighted by Crippen LogP contribution is 2.20. The van der Waals surface area contributed by atoms with Gasteiger partial charge in [0.2, 0.25) is 0 Å². The second-order valence-corrected chi connectivity index (χ2v) is 4.96. The van der Waals surface area contributed by atoms with Crippen LogP contribution in [0.2, 0.25) is 0 Å². The predicted octanol–water partition coefficient (Wildman–Crippen LogP) is 2.58. The van der Waals surface area contributed by atoms with Crippen molar-refractivity contribution < 1.29 is 10.2 Å². The van der Waals surface area contributed by atoms with Gasteiger partial charge in [-0.25, -0.2) is 4.98 Å². The molecule has 0 amide bonds. The van der Waals surface area contributed by atoms with Crippen LogP contribution in [-0.2, 0) is 6.61 Å². The molecule has 0 saturated heterocycles. The number of aliphatic hydroxyl groups excluding tert-OH is 1. The van der Waals surface area contributed by atoms with E-state index in [9.17, 15) is 15.0 Å². The van der Waals surface area contributed by atoms with Crippen LogP contribution in [0.25, 0.3) is 5.65 Å². The van der Waals surface area contributed by atoms with Gasteiger partial charge in [-0.1, -0.05) is 13.5 Å². The number of nitrogens with zero attached hydrogens (tertiary/aromatic N) is 2. The molecule has 6 nitrogen and oxygen atoms in total. The molecule has 23 heavy (non-hydrogen) atoms. The van der Waals surface area contributed by atoms with E-state index < -0.39 is 6.61 Å². The Morgan fingerprint density at radius 2 is 1.91 bits per heavy atom. The number of rotatable bonds is 3. The molecule has 3 rings (SSSR count). The minimum atomic E-state index is -0.414. The number of phenolic OH excluding ortho intramolecular Hbond substituents is 1. The third kappa shape index (κ3) is 3.02. The average Bonchev–Trinajstić information content (AvgIpc) is 2.51. The fourth-order valence-electron chi connectivity index (χ4n) is 2.26. The zero-order valence-corrected chi connectivity index (χ0v) is 11.9. The third-order valence-electron chi connectivity index (χ3n) is 3.43. The molecule has 0 radical (unpaired) electrons. The lowest BCUT2D eigenvalue weighted by Gasteiger charge is -2.12. The van der Waals surface area contributed by atoms with E-state index in [1.165, 1.54) is 16.5 Å². The predicted molar refractivity (Wildman–Crippen MR) is 90.2 cm³/mol. The molecule has 0 aliphatic heterocycles. The number of pyridine rings is 1. The minimum Gasteiger partial charge on any atom is -0.508 e. The Balaban J connectivity index is 0.00000192. The van der Waals surface area contributed by atoms with Crippen molar-refractivity contribution in [1.82, 2.24) is 9.38 Å². The Hall–Kier alpha value is -2.86. The number of fused-ring (bicyclic) bond motifs is 1. The van der Waals surface area contributed by atoms with Crippen LogP contribution >= 0.6 is 0 Å². The number of aryl methyl sites for hydroxylation is 1. The smallest absolute Gasteiger partial charge is 0.265 e. The van der Waals surface area contributed by atoms with E-state index in [0.29, 0.717) is 17.2 Å². The number of aliphatic hydroxyl groups is 1. The van der Waals surface area contributed by atoms with Gasteiger partial charge in [-0.3, -0.25) is 9.20 Å². The lowest BCUT2D eigenvalue weighted by molar-refractivity contribution is 0.280. The molecule has 2 aromatic heterocycles. The van der Waals surface area contributed by atoms with Crippen LogP contribution in [0, 0.1) is 6.92 Å². The lowest BCUT2D eigenvalue weighted by atomic mass is 10.2. The maximum atomic E-state index is 12.5. The number of hydrogen-bond donors (Lipinski definition) is 3. The number of aromatic nitrogens is 2. The van der Waals surface area contributed by atoms with Crippen molar-refractivity contribution in [3.05, 3.63) is 64.1 Å². The van der Waals surface area contributed by atoms with Gasteiger partial charge in [0.1, 0.15) is 17.2 Å². The second-order valence-electron chi connectivity index (χ2n) is 4.96. The Labute approximate surface area is 133 Å². The Morgan fingerprint density at radius 3 is 2.57 bits per heavy atom. The molecule has 3 N–H and O–H groups in total. The molecule has 0 bridgehead atoms. The summed E-state index contributed by atoms with van der Waals surface area (Å²) < 4.78 is 1.42. The summed E-state index contributed by atoms with van der Waals surface area (Å²) in [4.78, 5) is 16.9. The van der Waals surface area contributed by atoms with E-state index in [1.807, 2.05) is 13.0 Å². The zero-order valence-electron chi connectivity index (χ0n) is 11.9. The van der Waals surface area contributed by atoms with Crippen molar-refractivity contribution in [1.29, 1.82) is 0 Å². The van der Waals surface area contributed by atoms with Crippen LogP contribution < -0.4 is 10.9 Å². The lowest BCUT2D eigenvalue weighted by Crippen LogP contribution is -2.22. The van der Waals surface area contributed by atoms with Crippen molar-refractivity contribution in [3.63, 3.8) is 0 Å². The van der Waals surface area contributed by atoms with Gasteiger partial charge in [0.05, 0.1) is 12.2 Å². The first-order chi connectivity index (χ1) is 10.6. The van der Waals surface area contributed by atoms with Crippen LogP contribution in [-0.4, -0.2) is 19.6 Å². The van der Waals surface area contributed by atoms with E-state index in [1.54, 1.807) is 24.4 Å². The summed E-state index contributed by atoms with van der Waals surface area (Å²) >= 11 is 0. The van der Waals surface area contributed by atoms with Crippen molar-refractivity contribution in [2.75, 3.05) is 5.32 Å².